The zero-order valence-electron chi connectivity index (χ0n) is 16.8. The smallest absolute Gasteiger partial charge is 0.251 e. The maximum atomic E-state index is 12.8. The molecule has 1 heterocycles. The number of aryl methyl sites for hydroxylation is 1. The minimum Gasteiger partial charge on any atom is -0.618 e. The molecule has 1 N–H and O–H groups in total. The monoisotopic (exact) mass is 401 g/mol. The van der Waals surface area contributed by atoms with Gasteiger partial charge < -0.3 is 15.4 Å². The zero-order valence-corrected chi connectivity index (χ0v) is 17.6. The summed E-state index contributed by atoms with van der Waals surface area (Å²) in [4.78, 5) is 26.9. The summed E-state index contributed by atoms with van der Waals surface area (Å²) in [6, 6.07) is 10.7. The number of pyridine rings is 1. The number of nitrogens with one attached hydrogen (secondary N) is 1. The number of anilines is 1. The van der Waals surface area contributed by atoms with Gasteiger partial charge in [-0.05, 0) is 62.2 Å². The van der Waals surface area contributed by atoms with Crippen molar-refractivity contribution in [3.8, 4) is 0 Å². The lowest BCUT2D eigenvalue weighted by Gasteiger charge is -2.28. The highest BCUT2D eigenvalue weighted by Gasteiger charge is 2.23. The van der Waals surface area contributed by atoms with Crippen molar-refractivity contribution in [3.05, 3.63) is 58.9 Å². The molecule has 0 spiro atoms. The Morgan fingerprint density at radius 3 is 2.64 bits per heavy atom. The van der Waals surface area contributed by atoms with Crippen LogP contribution in [-0.4, -0.2) is 35.1 Å². The Labute approximate surface area is 170 Å². The number of amides is 2. The summed E-state index contributed by atoms with van der Waals surface area (Å²) in [6.45, 7) is 7.82. The van der Waals surface area contributed by atoms with Crippen molar-refractivity contribution in [1.82, 2.24) is 4.90 Å². The average molecular weight is 402 g/mol. The Kier molecular flexibility index (Phi) is 7.87. The van der Waals surface area contributed by atoms with E-state index in [0.29, 0.717) is 5.03 Å². The molecule has 150 valence electrons. The minimum atomic E-state index is -0.231. The summed E-state index contributed by atoms with van der Waals surface area (Å²) in [5.74, 6) is -0.293. The lowest BCUT2D eigenvalue weighted by molar-refractivity contribution is -0.645. The van der Waals surface area contributed by atoms with Crippen molar-refractivity contribution in [2.24, 2.45) is 0 Å². The van der Waals surface area contributed by atoms with Crippen molar-refractivity contribution in [1.29, 1.82) is 0 Å². The van der Waals surface area contributed by atoms with Gasteiger partial charge in [-0.2, -0.15) is 4.73 Å². The molecule has 0 bridgehead atoms. The predicted octanol–water partition coefficient (Wildman–Crippen LogP) is 3.29. The number of aromatic nitrogens is 1. The number of carbonyl (C=O) groups is 2. The number of benzene rings is 1. The molecule has 0 saturated heterocycles. The molecule has 2 amide bonds. The van der Waals surface area contributed by atoms with Crippen LogP contribution in [0.3, 0.4) is 0 Å². The van der Waals surface area contributed by atoms with Gasteiger partial charge in [-0.3, -0.25) is 9.59 Å². The fourth-order valence-electron chi connectivity index (χ4n) is 2.68. The molecule has 1 atom stereocenters. The summed E-state index contributed by atoms with van der Waals surface area (Å²) < 4.78 is 0.735. The fraction of sp³-hybridized carbons (Fsp3) is 0.381. The van der Waals surface area contributed by atoms with E-state index in [9.17, 15) is 14.8 Å². The molecule has 0 aliphatic heterocycles. The van der Waals surface area contributed by atoms with Crippen molar-refractivity contribution < 1.29 is 14.3 Å². The first-order valence-electron chi connectivity index (χ1n) is 9.30. The minimum absolute atomic E-state index is 0.0199. The summed E-state index contributed by atoms with van der Waals surface area (Å²) in [7, 11) is 0. The van der Waals surface area contributed by atoms with Crippen LogP contribution in [0.5, 0.6) is 0 Å². The van der Waals surface area contributed by atoms with Gasteiger partial charge in [-0.25, -0.2) is 0 Å². The Morgan fingerprint density at radius 1 is 1.21 bits per heavy atom. The van der Waals surface area contributed by atoms with Gasteiger partial charge in [0.25, 0.3) is 5.03 Å². The van der Waals surface area contributed by atoms with Gasteiger partial charge in [-0.15, -0.1) is 0 Å². The van der Waals surface area contributed by atoms with Gasteiger partial charge in [-0.1, -0.05) is 19.1 Å². The molecule has 1 aromatic carbocycles. The van der Waals surface area contributed by atoms with Crippen LogP contribution in [0.2, 0.25) is 0 Å². The quantitative estimate of drug-likeness (QED) is 0.418. The summed E-state index contributed by atoms with van der Waals surface area (Å²) in [6.07, 6.45) is 2.14. The molecule has 1 aromatic heterocycles. The number of rotatable bonds is 8. The van der Waals surface area contributed by atoms with Crippen LogP contribution in [0.25, 0.3) is 0 Å². The highest BCUT2D eigenvalue weighted by Crippen LogP contribution is 2.19. The van der Waals surface area contributed by atoms with E-state index in [2.05, 4.69) is 5.32 Å². The molecular weight excluding hydrogens is 374 g/mol. The van der Waals surface area contributed by atoms with Crippen LogP contribution >= 0.6 is 11.8 Å². The number of hydrogen-bond donors (Lipinski definition) is 1. The third kappa shape index (κ3) is 5.73. The Morgan fingerprint density at radius 2 is 1.96 bits per heavy atom. The van der Waals surface area contributed by atoms with E-state index >= 15 is 0 Å². The molecule has 6 nitrogen and oxygen atoms in total. The van der Waals surface area contributed by atoms with Crippen molar-refractivity contribution in [2.75, 3.05) is 17.6 Å². The van der Waals surface area contributed by atoms with Gasteiger partial charge in [0.2, 0.25) is 11.8 Å². The molecule has 0 aliphatic rings. The first-order valence-corrected chi connectivity index (χ1v) is 10.3. The molecule has 2 rings (SSSR count). The van der Waals surface area contributed by atoms with Gasteiger partial charge in [0, 0.05) is 23.9 Å². The molecule has 0 saturated carbocycles. The molecule has 0 radical (unpaired) electrons. The molecule has 0 aliphatic carbocycles. The molecule has 0 fully saturated rings. The molecule has 28 heavy (non-hydrogen) atoms. The lowest BCUT2D eigenvalue weighted by Crippen LogP contribution is -2.44. The van der Waals surface area contributed by atoms with Crippen molar-refractivity contribution in [3.63, 3.8) is 0 Å². The Balaban J connectivity index is 2.04. The third-order valence-corrected chi connectivity index (χ3v) is 5.77. The summed E-state index contributed by atoms with van der Waals surface area (Å²) in [5, 5.41) is 15.1. The Hall–Kier alpha value is -2.54. The van der Waals surface area contributed by atoms with Crippen molar-refractivity contribution in [2.45, 2.75) is 45.2 Å². The fourth-order valence-corrected chi connectivity index (χ4v) is 3.48. The standard InChI is InChI=1S/C21H27N3O3S/c1-5-16(3)23(20(26)14-28-21-11-6-7-12-24(21)27)13-19(25)22-18-10-8-9-15(2)17(18)4/h6-12,16H,5,13-14H2,1-4H3,(H,22,25)/t16-/m0/s1. The lowest BCUT2D eigenvalue weighted by atomic mass is 10.1. The van der Waals surface area contributed by atoms with Gasteiger partial charge >= 0.3 is 0 Å². The number of thioether (sulfide) groups is 1. The maximum Gasteiger partial charge on any atom is 0.251 e. The largest absolute Gasteiger partial charge is 0.618 e. The van der Waals surface area contributed by atoms with Crippen LogP contribution in [0.15, 0.2) is 47.6 Å². The highest BCUT2D eigenvalue weighted by atomic mass is 32.2. The van der Waals surface area contributed by atoms with Gasteiger partial charge in [0.15, 0.2) is 6.20 Å². The van der Waals surface area contributed by atoms with Crippen LogP contribution in [-0.2, 0) is 9.59 Å². The van der Waals surface area contributed by atoms with Crippen LogP contribution in [0, 0.1) is 19.1 Å². The molecule has 2 aromatic rings. The number of carbonyl (C=O) groups excluding carboxylic acids is 2. The Bertz CT molecular complexity index is 841. The van der Waals surface area contributed by atoms with E-state index < -0.39 is 0 Å². The number of hydrogen-bond acceptors (Lipinski definition) is 4. The van der Waals surface area contributed by atoms with Crippen molar-refractivity contribution >= 4 is 29.3 Å². The normalized spacial score (nSPS) is 11.7. The second-order valence-corrected chi connectivity index (χ2v) is 7.72. The number of nitrogens with zero attached hydrogens (tertiary/aromatic N) is 2. The van der Waals surface area contributed by atoms with Gasteiger partial charge in [0.05, 0.1) is 5.75 Å². The summed E-state index contributed by atoms with van der Waals surface area (Å²) in [5.41, 5.74) is 2.86. The van der Waals surface area contributed by atoms with E-state index in [1.54, 1.807) is 23.1 Å². The van der Waals surface area contributed by atoms with Gasteiger partial charge in [0.1, 0.15) is 6.54 Å². The average Bonchev–Trinajstić information content (AvgIpc) is 2.68. The van der Waals surface area contributed by atoms with Crippen LogP contribution in [0.1, 0.15) is 31.4 Å². The maximum absolute atomic E-state index is 12.8. The second kappa shape index (κ2) is 10.1. The first-order chi connectivity index (χ1) is 13.3. The van der Waals surface area contributed by atoms with E-state index in [1.165, 1.54) is 18.0 Å². The molecule has 7 heteroatoms. The van der Waals surface area contributed by atoms with E-state index in [4.69, 9.17) is 0 Å². The highest BCUT2D eigenvalue weighted by molar-refractivity contribution is 7.99. The third-order valence-electron chi connectivity index (χ3n) is 4.77. The van der Waals surface area contributed by atoms with E-state index in [1.807, 2.05) is 45.9 Å². The summed E-state index contributed by atoms with van der Waals surface area (Å²) >= 11 is 1.17. The predicted molar refractivity (Wildman–Crippen MR) is 112 cm³/mol. The zero-order chi connectivity index (χ0) is 20.7. The SMILES string of the molecule is CC[C@H](C)N(CC(=O)Nc1cccc(C)c1C)C(=O)CSc1cccc[n+]1[O-]. The van der Waals surface area contributed by atoms with Crippen LogP contribution in [0.4, 0.5) is 5.69 Å². The van der Waals surface area contributed by atoms with Crippen LogP contribution < -0.4 is 10.0 Å². The topological polar surface area (TPSA) is 76.4 Å². The van der Waals surface area contributed by atoms with E-state index in [0.717, 1.165) is 28.0 Å². The second-order valence-electron chi connectivity index (χ2n) is 6.73. The van der Waals surface area contributed by atoms with E-state index in [-0.39, 0.29) is 30.2 Å². The molecular formula is C21H27N3O3S. The first kappa shape index (κ1) is 21.8. The molecule has 0 unspecified atom stereocenters.